The van der Waals surface area contributed by atoms with Gasteiger partial charge in [0.15, 0.2) is 5.78 Å². The molecule has 1 heterocycles. The Labute approximate surface area is 199 Å². The van der Waals surface area contributed by atoms with Crippen LogP contribution in [0.3, 0.4) is 0 Å². The Balaban J connectivity index is 1.69. The number of hydrazone groups is 1. The van der Waals surface area contributed by atoms with Crippen molar-refractivity contribution in [2.45, 2.75) is 58.1 Å². The van der Waals surface area contributed by atoms with E-state index in [1.807, 2.05) is 26.0 Å². The number of Topliss-reactive ketones (excluding diaryl/α,β-unsaturated/α-hetero) is 1. The number of nitrogens with one attached hydrogen (secondary N) is 1. The van der Waals surface area contributed by atoms with Gasteiger partial charge in [-0.05, 0) is 25.3 Å². The average Bonchev–Trinajstić information content (AvgIpc) is 3.07. The van der Waals surface area contributed by atoms with Gasteiger partial charge in [0.1, 0.15) is 0 Å². The van der Waals surface area contributed by atoms with Crippen molar-refractivity contribution < 1.29 is 24.3 Å². The number of carbonyl (C=O) groups excluding carboxylic acids is 4. The second-order valence-corrected chi connectivity index (χ2v) is 9.62. The molecule has 1 aliphatic rings. The van der Waals surface area contributed by atoms with Crippen LogP contribution in [0.15, 0.2) is 29.4 Å². The monoisotopic (exact) mass is 475 g/mol. The maximum absolute atomic E-state index is 12.2. The molecule has 2 N–H and O–H groups in total. The number of nitrogens with zero attached hydrogens (tertiary/aromatic N) is 2. The highest BCUT2D eigenvalue weighted by Gasteiger charge is 2.38. The number of hydrogen-bond donors (Lipinski definition) is 2. The van der Waals surface area contributed by atoms with Crippen LogP contribution in [-0.4, -0.2) is 63.4 Å². The molecule has 1 unspecified atom stereocenters. The van der Waals surface area contributed by atoms with Crippen LogP contribution in [0.25, 0.3) is 0 Å². The molecule has 0 aliphatic carbocycles. The van der Waals surface area contributed by atoms with Crippen molar-refractivity contribution in [1.29, 1.82) is 0 Å². The smallest absolute Gasteiger partial charge is 0.242 e. The fourth-order valence-electron chi connectivity index (χ4n) is 3.42. The Kier molecular flexibility index (Phi) is 10.7. The standard InChI is InChI=1S/C24H33N3O5S/c1-16(2)23(31)19-10-8-18(9-11-19)17(3)25-26-21(29)7-5-4-6-12-27-22(30)15-20(24(27)32)33-14-13-28/h8-11,16,20,28H,4-7,12-15H2,1-3H3,(H,26,29). The SMILES string of the molecule is CC(=NNC(=O)CCCCCN1C(=O)CC(SCCO)C1=O)c1ccc(C(=O)C(C)C)cc1. The molecule has 180 valence electrons. The lowest BCUT2D eigenvalue weighted by Gasteiger charge is -2.14. The lowest BCUT2D eigenvalue weighted by Crippen LogP contribution is -2.32. The quantitative estimate of drug-likeness (QED) is 0.149. The number of aliphatic hydroxyl groups is 1. The van der Waals surface area contributed by atoms with E-state index in [9.17, 15) is 19.2 Å². The molecule has 9 heteroatoms. The molecule has 0 saturated carbocycles. The second-order valence-electron chi connectivity index (χ2n) is 8.31. The summed E-state index contributed by atoms with van der Waals surface area (Å²) in [5.74, 6) is -0.0770. The highest BCUT2D eigenvalue weighted by atomic mass is 32.2. The van der Waals surface area contributed by atoms with E-state index in [1.165, 1.54) is 16.7 Å². The van der Waals surface area contributed by atoms with Crippen LogP contribution in [-0.2, 0) is 14.4 Å². The van der Waals surface area contributed by atoms with Gasteiger partial charge in [0.05, 0.1) is 17.6 Å². The topological polar surface area (TPSA) is 116 Å². The summed E-state index contributed by atoms with van der Waals surface area (Å²) in [6.45, 7) is 5.86. The maximum atomic E-state index is 12.2. The number of rotatable bonds is 13. The number of benzene rings is 1. The van der Waals surface area contributed by atoms with Crippen LogP contribution >= 0.6 is 11.8 Å². The van der Waals surface area contributed by atoms with Crippen molar-refractivity contribution in [2.24, 2.45) is 11.0 Å². The highest BCUT2D eigenvalue weighted by molar-refractivity contribution is 8.00. The molecule has 0 aromatic heterocycles. The zero-order valence-corrected chi connectivity index (χ0v) is 20.3. The van der Waals surface area contributed by atoms with E-state index < -0.39 is 0 Å². The van der Waals surface area contributed by atoms with Crippen molar-refractivity contribution >= 4 is 41.0 Å². The minimum Gasteiger partial charge on any atom is -0.396 e. The lowest BCUT2D eigenvalue weighted by atomic mass is 9.99. The first-order valence-corrected chi connectivity index (χ1v) is 12.3. The van der Waals surface area contributed by atoms with Gasteiger partial charge in [-0.15, -0.1) is 11.8 Å². The number of ketones is 1. The summed E-state index contributed by atoms with van der Waals surface area (Å²) in [6, 6.07) is 7.16. The van der Waals surface area contributed by atoms with Gasteiger partial charge in [-0.3, -0.25) is 24.1 Å². The zero-order chi connectivity index (χ0) is 24.4. The largest absolute Gasteiger partial charge is 0.396 e. The predicted molar refractivity (Wildman–Crippen MR) is 129 cm³/mol. The van der Waals surface area contributed by atoms with E-state index in [-0.39, 0.29) is 47.7 Å². The van der Waals surface area contributed by atoms with Crippen LogP contribution in [0.5, 0.6) is 0 Å². The number of hydrogen-bond acceptors (Lipinski definition) is 7. The summed E-state index contributed by atoms with van der Waals surface area (Å²) in [5, 5.41) is 12.6. The fraction of sp³-hybridized carbons (Fsp3) is 0.542. The molecule has 33 heavy (non-hydrogen) atoms. The van der Waals surface area contributed by atoms with Crippen LogP contribution in [0.1, 0.15) is 68.8 Å². The first-order chi connectivity index (χ1) is 15.7. The van der Waals surface area contributed by atoms with E-state index >= 15 is 0 Å². The minimum atomic E-state index is -0.386. The molecule has 8 nitrogen and oxygen atoms in total. The molecule has 1 saturated heterocycles. The van der Waals surface area contributed by atoms with Crippen LogP contribution in [0.4, 0.5) is 0 Å². The fourth-order valence-corrected chi connectivity index (χ4v) is 4.34. The van der Waals surface area contributed by atoms with E-state index in [4.69, 9.17) is 5.11 Å². The van der Waals surface area contributed by atoms with Crippen LogP contribution < -0.4 is 5.43 Å². The van der Waals surface area contributed by atoms with Gasteiger partial charge in [-0.1, -0.05) is 44.5 Å². The molecule has 0 spiro atoms. The number of aliphatic hydroxyl groups excluding tert-OH is 1. The Hall–Kier alpha value is -2.52. The summed E-state index contributed by atoms with van der Waals surface area (Å²) in [7, 11) is 0. The minimum absolute atomic E-state index is 0.0140. The third kappa shape index (κ3) is 8.08. The Morgan fingerprint density at radius 1 is 1.15 bits per heavy atom. The number of thioether (sulfide) groups is 1. The number of carbonyl (C=O) groups is 4. The van der Waals surface area contributed by atoms with Crippen LogP contribution in [0, 0.1) is 5.92 Å². The first kappa shape index (κ1) is 26.7. The molecule has 0 bridgehead atoms. The highest BCUT2D eigenvalue weighted by Crippen LogP contribution is 2.25. The molecule has 0 radical (unpaired) electrons. The molecular formula is C24H33N3O5S. The van der Waals surface area contributed by atoms with Gasteiger partial charge < -0.3 is 5.11 Å². The molecule has 1 aromatic carbocycles. The zero-order valence-electron chi connectivity index (χ0n) is 19.5. The van der Waals surface area contributed by atoms with Gasteiger partial charge in [0, 0.05) is 36.6 Å². The number of likely N-dealkylation sites (tertiary alicyclic amines) is 1. The Morgan fingerprint density at radius 2 is 1.82 bits per heavy atom. The molecule has 1 atom stereocenters. The van der Waals surface area contributed by atoms with Gasteiger partial charge in [-0.25, -0.2) is 5.43 Å². The van der Waals surface area contributed by atoms with Gasteiger partial charge in [0.25, 0.3) is 0 Å². The number of amides is 3. The molecule has 2 rings (SSSR count). The van der Waals surface area contributed by atoms with Gasteiger partial charge >= 0.3 is 0 Å². The third-order valence-electron chi connectivity index (χ3n) is 5.36. The number of imide groups is 1. The van der Waals surface area contributed by atoms with Gasteiger partial charge in [-0.2, -0.15) is 5.10 Å². The van der Waals surface area contributed by atoms with E-state index in [0.717, 1.165) is 5.56 Å². The van der Waals surface area contributed by atoms with Crippen molar-refractivity contribution in [3.05, 3.63) is 35.4 Å². The third-order valence-corrected chi connectivity index (χ3v) is 6.55. The molecule has 3 amide bonds. The normalized spacial score (nSPS) is 16.6. The Morgan fingerprint density at radius 3 is 2.45 bits per heavy atom. The summed E-state index contributed by atoms with van der Waals surface area (Å²) in [4.78, 5) is 49.6. The van der Waals surface area contributed by atoms with E-state index in [2.05, 4.69) is 10.5 Å². The molecule has 1 fully saturated rings. The molecule has 1 aromatic rings. The average molecular weight is 476 g/mol. The molecular weight excluding hydrogens is 442 g/mol. The summed E-state index contributed by atoms with van der Waals surface area (Å²) in [5.41, 5.74) is 4.67. The van der Waals surface area contributed by atoms with Crippen LogP contribution in [0.2, 0.25) is 0 Å². The summed E-state index contributed by atoms with van der Waals surface area (Å²) in [6.07, 6.45) is 2.49. The predicted octanol–water partition coefficient (Wildman–Crippen LogP) is 2.78. The van der Waals surface area contributed by atoms with Crippen molar-refractivity contribution in [3.8, 4) is 0 Å². The summed E-state index contributed by atoms with van der Waals surface area (Å²) < 4.78 is 0. The van der Waals surface area contributed by atoms with E-state index in [0.29, 0.717) is 49.3 Å². The number of unbranched alkanes of at least 4 members (excludes halogenated alkanes) is 2. The van der Waals surface area contributed by atoms with Gasteiger partial charge in [0.2, 0.25) is 17.7 Å². The Bertz CT molecular complexity index is 883. The maximum Gasteiger partial charge on any atom is 0.242 e. The summed E-state index contributed by atoms with van der Waals surface area (Å²) >= 11 is 1.31. The second kappa shape index (κ2) is 13.3. The first-order valence-electron chi connectivity index (χ1n) is 11.3. The van der Waals surface area contributed by atoms with Crippen molar-refractivity contribution in [1.82, 2.24) is 10.3 Å². The lowest BCUT2D eigenvalue weighted by molar-refractivity contribution is -0.138. The van der Waals surface area contributed by atoms with Crippen molar-refractivity contribution in [2.75, 3.05) is 18.9 Å². The van der Waals surface area contributed by atoms with E-state index in [1.54, 1.807) is 19.1 Å². The van der Waals surface area contributed by atoms with Crippen molar-refractivity contribution in [3.63, 3.8) is 0 Å². The molecule has 1 aliphatic heterocycles.